The number of hydrogen-bond donors (Lipinski definition) is 2. The normalized spacial score (nSPS) is 18.1. The monoisotopic (exact) mass is 292 g/mol. The molecular weight excluding hydrogens is 268 g/mol. The molecule has 1 aliphatic heterocycles. The Morgan fingerprint density at radius 1 is 1.14 bits per heavy atom. The van der Waals surface area contributed by atoms with Crippen molar-refractivity contribution in [2.45, 2.75) is 27.2 Å². The van der Waals surface area contributed by atoms with Gasteiger partial charge in [0.2, 0.25) is 5.91 Å². The highest BCUT2D eigenvalue weighted by Gasteiger charge is 2.28. The molecule has 0 aliphatic carbocycles. The van der Waals surface area contributed by atoms with Gasteiger partial charge >= 0.3 is 0 Å². The number of amides is 1. The van der Waals surface area contributed by atoms with Gasteiger partial charge in [0.1, 0.15) is 0 Å². The summed E-state index contributed by atoms with van der Waals surface area (Å²) in [7, 11) is 3.18. The standard InChI is InChI=1S/C16H24N2O3/c1-16(2,3)8-10-9-17-11-6-13(20-4)14(21-5)7-12(11)18-15(10)19/h6-7,10,17H,8-9H2,1-5H3,(H,18,19). The third-order valence-electron chi connectivity index (χ3n) is 3.55. The van der Waals surface area contributed by atoms with Crippen molar-refractivity contribution in [3.8, 4) is 11.5 Å². The average molecular weight is 292 g/mol. The molecule has 0 spiro atoms. The second-order valence-electron chi connectivity index (χ2n) is 6.58. The Morgan fingerprint density at radius 3 is 2.24 bits per heavy atom. The second-order valence-corrected chi connectivity index (χ2v) is 6.58. The largest absolute Gasteiger partial charge is 0.493 e. The summed E-state index contributed by atoms with van der Waals surface area (Å²) >= 11 is 0. The minimum absolute atomic E-state index is 0.0448. The Kier molecular flexibility index (Phi) is 4.30. The number of carbonyl (C=O) groups excluding carboxylic acids is 1. The molecule has 2 N–H and O–H groups in total. The average Bonchev–Trinajstić information content (AvgIpc) is 2.55. The van der Waals surface area contributed by atoms with Crippen molar-refractivity contribution in [1.29, 1.82) is 0 Å². The lowest BCUT2D eigenvalue weighted by Crippen LogP contribution is -2.29. The summed E-state index contributed by atoms with van der Waals surface area (Å²) in [5, 5.41) is 6.32. The summed E-state index contributed by atoms with van der Waals surface area (Å²) in [4.78, 5) is 12.4. The van der Waals surface area contributed by atoms with Gasteiger partial charge in [0.15, 0.2) is 11.5 Å². The van der Waals surface area contributed by atoms with E-state index in [1.807, 2.05) is 6.07 Å². The molecule has 0 fully saturated rings. The molecule has 0 radical (unpaired) electrons. The van der Waals surface area contributed by atoms with Gasteiger partial charge in [-0.25, -0.2) is 0 Å². The van der Waals surface area contributed by atoms with Crippen molar-refractivity contribution in [2.75, 3.05) is 31.4 Å². The van der Waals surface area contributed by atoms with Crippen LogP contribution in [-0.2, 0) is 4.79 Å². The lowest BCUT2D eigenvalue weighted by atomic mass is 9.84. The highest BCUT2D eigenvalue weighted by Crippen LogP contribution is 2.38. The fraction of sp³-hybridized carbons (Fsp3) is 0.562. The summed E-state index contributed by atoms with van der Waals surface area (Å²) < 4.78 is 10.6. The molecule has 0 aromatic heterocycles. The van der Waals surface area contributed by atoms with Gasteiger partial charge in [-0.15, -0.1) is 0 Å². The Balaban J connectivity index is 2.27. The molecule has 0 saturated carbocycles. The zero-order valence-electron chi connectivity index (χ0n) is 13.4. The van der Waals surface area contributed by atoms with Crippen molar-refractivity contribution in [1.82, 2.24) is 0 Å². The fourth-order valence-electron chi connectivity index (χ4n) is 2.59. The Bertz CT molecular complexity index is 535. The molecular formula is C16H24N2O3. The maximum atomic E-state index is 12.4. The summed E-state index contributed by atoms with van der Waals surface area (Å²) in [6.07, 6.45) is 0.827. The number of fused-ring (bicyclic) bond motifs is 1. The van der Waals surface area contributed by atoms with E-state index < -0.39 is 0 Å². The van der Waals surface area contributed by atoms with E-state index in [1.54, 1.807) is 20.3 Å². The van der Waals surface area contributed by atoms with E-state index in [2.05, 4.69) is 31.4 Å². The first-order valence-corrected chi connectivity index (χ1v) is 7.15. The van der Waals surface area contributed by atoms with E-state index in [-0.39, 0.29) is 17.2 Å². The SMILES string of the molecule is COc1cc2c(cc1OC)NC(=O)C(CC(C)(C)C)CN2. The molecule has 21 heavy (non-hydrogen) atoms. The van der Waals surface area contributed by atoms with Crippen molar-refractivity contribution in [2.24, 2.45) is 11.3 Å². The highest BCUT2D eigenvalue weighted by molar-refractivity contribution is 5.98. The Labute approximate surface area is 126 Å². The van der Waals surface area contributed by atoms with Crippen LogP contribution in [0.4, 0.5) is 11.4 Å². The van der Waals surface area contributed by atoms with E-state index in [0.717, 1.165) is 17.8 Å². The smallest absolute Gasteiger partial charge is 0.229 e. The van der Waals surface area contributed by atoms with E-state index >= 15 is 0 Å². The van der Waals surface area contributed by atoms with Gasteiger partial charge < -0.3 is 20.1 Å². The van der Waals surface area contributed by atoms with Crippen LogP contribution >= 0.6 is 0 Å². The van der Waals surface area contributed by atoms with Crippen molar-refractivity contribution < 1.29 is 14.3 Å². The summed E-state index contributed by atoms with van der Waals surface area (Å²) in [5.74, 6) is 1.23. The van der Waals surface area contributed by atoms with Gasteiger partial charge in [0.05, 0.1) is 31.5 Å². The number of carbonyl (C=O) groups is 1. The maximum Gasteiger partial charge on any atom is 0.229 e. The number of rotatable bonds is 3. The first-order valence-electron chi connectivity index (χ1n) is 7.15. The summed E-state index contributed by atoms with van der Waals surface area (Å²) in [6, 6.07) is 3.65. The molecule has 1 amide bonds. The Morgan fingerprint density at radius 2 is 1.71 bits per heavy atom. The number of hydrogen-bond acceptors (Lipinski definition) is 4. The molecule has 1 aromatic rings. The zero-order valence-corrected chi connectivity index (χ0v) is 13.4. The van der Waals surface area contributed by atoms with Crippen LogP contribution in [0.5, 0.6) is 11.5 Å². The third-order valence-corrected chi connectivity index (χ3v) is 3.55. The Hall–Kier alpha value is -1.91. The third kappa shape index (κ3) is 3.60. The van der Waals surface area contributed by atoms with Crippen molar-refractivity contribution in [3.63, 3.8) is 0 Å². The summed E-state index contributed by atoms with van der Waals surface area (Å²) in [5.41, 5.74) is 1.70. The minimum atomic E-state index is -0.0608. The molecule has 1 unspecified atom stereocenters. The van der Waals surface area contributed by atoms with Crippen LogP contribution in [0.2, 0.25) is 0 Å². The van der Waals surface area contributed by atoms with Gasteiger partial charge in [-0.05, 0) is 11.8 Å². The number of ether oxygens (including phenoxy) is 2. The van der Waals surface area contributed by atoms with Crippen LogP contribution in [0.3, 0.4) is 0 Å². The van der Waals surface area contributed by atoms with Gasteiger partial charge in [-0.2, -0.15) is 0 Å². The van der Waals surface area contributed by atoms with Crippen molar-refractivity contribution in [3.05, 3.63) is 12.1 Å². The van der Waals surface area contributed by atoms with Gasteiger partial charge in [0, 0.05) is 18.7 Å². The van der Waals surface area contributed by atoms with Gasteiger partial charge in [-0.3, -0.25) is 4.79 Å². The van der Waals surface area contributed by atoms with Gasteiger partial charge in [-0.1, -0.05) is 20.8 Å². The topological polar surface area (TPSA) is 59.6 Å². The molecule has 2 rings (SSSR count). The quantitative estimate of drug-likeness (QED) is 0.898. The van der Waals surface area contributed by atoms with Crippen LogP contribution < -0.4 is 20.1 Å². The van der Waals surface area contributed by atoms with Gasteiger partial charge in [0.25, 0.3) is 0 Å². The number of benzene rings is 1. The van der Waals surface area contributed by atoms with Crippen molar-refractivity contribution >= 4 is 17.3 Å². The van der Waals surface area contributed by atoms with E-state index in [9.17, 15) is 4.79 Å². The molecule has 1 aromatic carbocycles. The number of methoxy groups -OCH3 is 2. The molecule has 1 atom stereocenters. The van der Waals surface area contributed by atoms with E-state index in [1.165, 1.54) is 0 Å². The number of nitrogens with one attached hydrogen (secondary N) is 2. The van der Waals surface area contributed by atoms with Crippen LogP contribution in [-0.4, -0.2) is 26.7 Å². The molecule has 1 heterocycles. The zero-order chi connectivity index (χ0) is 15.6. The predicted molar refractivity (Wildman–Crippen MR) is 84.2 cm³/mol. The van der Waals surface area contributed by atoms with E-state index in [4.69, 9.17) is 9.47 Å². The summed E-state index contributed by atoms with van der Waals surface area (Å²) in [6.45, 7) is 7.05. The molecule has 5 nitrogen and oxygen atoms in total. The maximum absolute atomic E-state index is 12.4. The highest BCUT2D eigenvalue weighted by atomic mass is 16.5. The first kappa shape index (κ1) is 15.5. The molecule has 0 saturated heterocycles. The minimum Gasteiger partial charge on any atom is -0.493 e. The fourth-order valence-corrected chi connectivity index (χ4v) is 2.59. The number of anilines is 2. The lowest BCUT2D eigenvalue weighted by Gasteiger charge is -2.23. The van der Waals surface area contributed by atoms with E-state index in [0.29, 0.717) is 18.0 Å². The van der Waals surface area contributed by atoms with Crippen LogP contribution in [0, 0.1) is 11.3 Å². The van der Waals surface area contributed by atoms with Crippen LogP contribution in [0.1, 0.15) is 27.2 Å². The molecule has 116 valence electrons. The predicted octanol–water partition coefficient (Wildman–Crippen LogP) is 3.12. The lowest BCUT2D eigenvalue weighted by molar-refractivity contribution is -0.120. The molecule has 5 heteroatoms. The second kappa shape index (κ2) is 5.84. The van der Waals surface area contributed by atoms with Crippen LogP contribution in [0.15, 0.2) is 12.1 Å². The van der Waals surface area contributed by atoms with Crippen LogP contribution in [0.25, 0.3) is 0 Å². The molecule has 0 bridgehead atoms. The molecule has 1 aliphatic rings. The first-order chi connectivity index (χ1) is 9.84.